The fourth-order valence-corrected chi connectivity index (χ4v) is 3.07. The molecule has 1 atom stereocenters. The van der Waals surface area contributed by atoms with Crippen molar-refractivity contribution in [2.45, 2.75) is 12.5 Å². The van der Waals surface area contributed by atoms with Gasteiger partial charge in [0.15, 0.2) is 0 Å². The topological polar surface area (TPSA) is 79.3 Å². The van der Waals surface area contributed by atoms with Crippen LogP contribution >= 0.6 is 15.9 Å². The summed E-state index contributed by atoms with van der Waals surface area (Å²) in [5, 5.41) is 12.9. The molecule has 0 unspecified atom stereocenters. The van der Waals surface area contributed by atoms with Crippen LogP contribution in [0.4, 0.5) is 0 Å². The lowest BCUT2D eigenvalue weighted by Crippen LogP contribution is -2.42. The van der Waals surface area contributed by atoms with E-state index in [1.807, 2.05) is 36.4 Å². The molecule has 2 N–H and O–H groups in total. The number of amides is 1. The van der Waals surface area contributed by atoms with E-state index in [1.165, 1.54) is 0 Å². The molecule has 0 saturated heterocycles. The second kappa shape index (κ2) is 7.44. The minimum atomic E-state index is -1.08. The normalized spacial score (nSPS) is 11.9. The summed E-state index contributed by atoms with van der Waals surface area (Å²) in [5.41, 5.74) is 1.73. The van der Waals surface area contributed by atoms with Gasteiger partial charge in [0, 0.05) is 22.5 Å². The number of aromatic nitrogens is 1. The van der Waals surface area contributed by atoms with Gasteiger partial charge in [0.2, 0.25) is 0 Å². The number of hydrogen-bond acceptors (Lipinski definition) is 3. The molecule has 0 aliphatic heterocycles. The van der Waals surface area contributed by atoms with Crippen LogP contribution < -0.4 is 5.32 Å². The van der Waals surface area contributed by atoms with Crippen LogP contribution in [-0.2, 0) is 11.2 Å². The fourth-order valence-electron chi connectivity index (χ4n) is 2.62. The monoisotopic (exact) mass is 398 g/mol. The molecule has 0 radical (unpaired) electrons. The number of rotatable bonds is 5. The first-order chi connectivity index (χ1) is 12.0. The maximum absolute atomic E-state index is 12.6. The Hall–Kier alpha value is -2.73. The number of halogens is 1. The fraction of sp³-hybridized carbons (Fsp3) is 0.105. The first-order valence-electron chi connectivity index (χ1n) is 7.66. The van der Waals surface area contributed by atoms with Gasteiger partial charge in [-0.3, -0.25) is 9.78 Å². The summed E-state index contributed by atoms with van der Waals surface area (Å²) in [6.07, 6.45) is 1.80. The first-order valence-corrected chi connectivity index (χ1v) is 8.46. The Kier molecular flexibility index (Phi) is 5.09. The van der Waals surface area contributed by atoms with E-state index in [4.69, 9.17) is 0 Å². The number of carboxylic acids is 1. The number of benzene rings is 2. The SMILES string of the molecule is O=C(N[C@H](Cc1cccc(Br)c1)C(=O)O)c1cccc2cccnc12. The van der Waals surface area contributed by atoms with E-state index in [1.54, 1.807) is 24.4 Å². The van der Waals surface area contributed by atoms with E-state index in [9.17, 15) is 14.7 Å². The summed E-state index contributed by atoms with van der Waals surface area (Å²) in [6.45, 7) is 0. The van der Waals surface area contributed by atoms with Gasteiger partial charge in [-0.2, -0.15) is 0 Å². The number of carbonyl (C=O) groups is 2. The average Bonchev–Trinajstić information content (AvgIpc) is 2.60. The largest absolute Gasteiger partial charge is 0.480 e. The molecule has 3 aromatic rings. The highest BCUT2D eigenvalue weighted by Gasteiger charge is 2.22. The second-order valence-electron chi connectivity index (χ2n) is 5.58. The van der Waals surface area contributed by atoms with E-state index in [2.05, 4.69) is 26.2 Å². The summed E-state index contributed by atoms with van der Waals surface area (Å²) in [5.74, 6) is -1.53. The highest BCUT2D eigenvalue weighted by molar-refractivity contribution is 9.10. The molecule has 25 heavy (non-hydrogen) atoms. The second-order valence-corrected chi connectivity index (χ2v) is 6.49. The van der Waals surface area contributed by atoms with Gasteiger partial charge in [-0.15, -0.1) is 0 Å². The lowest BCUT2D eigenvalue weighted by atomic mass is 10.0. The molecule has 0 spiro atoms. The maximum Gasteiger partial charge on any atom is 0.326 e. The van der Waals surface area contributed by atoms with Crippen LogP contribution in [0, 0.1) is 0 Å². The lowest BCUT2D eigenvalue weighted by Gasteiger charge is -2.15. The quantitative estimate of drug-likeness (QED) is 0.689. The molecule has 0 aliphatic rings. The van der Waals surface area contributed by atoms with Crippen LogP contribution in [0.2, 0.25) is 0 Å². The number of para-hydroxylation sites is 1. The van der Waals surface area contributed by atoms with Crippen LogP contribution in [-0.4, -0.2) is 28.0 Å². The van der Waals surface area contributed by atoms with Gasteiger partial charge in [-0.1, -0.05) is 46.3 Å². The molecule has 0 bridgehead atoms. The lowest BCUT2D eigenvalue weighted by molar-refractivity contribution is -0.139. The molecule has 1 heterocycles. The Labute approximate surface area is 152 Å². The van der Waals surface area contributed by atoms with Crippen molar-refractivity contribution < 1.29 is 14.7 Å². The summed E-state index contributed by atoms with van der Waals surface area (Å²) in [6, 6.07) is 15.2. The van der Waals surface area contributed by atoms with Gasteiger partial charge in [0.1, 0.15) is 6.04 Å². The van der Waals surface area contributed by atoms with Crippen molar-refractivity contribution in [1.82, 2.24) is 10.3 Å². The van der Waals surface area contributed by atoms with Gasteiger partial charge in [0.25, 0.3) is 5.91 Å². The van der Waals surface area contributed by atoms with Crippen molar-refractivity contribution in [2.24, 2.45) is 0 Å². The number of carboxylic acid groups (broad SMARTS) is 1. The zero-order chi connectivity index (χ0) is 17.8. The van der Waals surface area contributed by atoms with Gasteiger partial charge >= 0.3 is 5.97 Å². The van der Waals surface area contributed by atoms with Crippen molar-refractivity contribution in [2.75, 3.05) is 0 Å². The zero-order valence-electron chi connectivity index (χ0n) is 13.1. The minimum Gasteiger partial charge on any atom is -0.480 e. The number of pyridine rings is 1. The van der Waals surface area contributed by atoms with Gasteiger partial charge in [-0.05, 0) is 29.8 Å². The van der Waals surface area contributed by atoms with Gasteiger partial charge < -0.3 is 10.4 Å². The molecule has 1 amide bonds. The third kappa shape index (κ3) is 4.03. The Morgan fingerprint density at radius 1 is 1.12 bits per heavy atom. The Balaban J connectivity index is 1.84. The zero-order valence-corrected chi connectivity index (χ0v) is 14.7. The molecule has 0 aliphatic carbocycles. The van der Waals surface area contributed by atoms with Gasteiger partial charge in [-0.25, -0.2) is 4.79 Å². The number of carbonyl (C=O) groups excluding carboxylic acids is 1. The average molecular weight is 399 g/mol. The highest BCUT2D eigenvalue weighted by Crippen LogP contribution is 2.17. The van der Waals surface area contributed by atoms with Crippen molar-refractivity contribution in [1.29, 1.82) is 0 Å². The van der Waals surface area contributed by atoms with Crippen molar-refractivity contribution in [3.05, 3.63) is 76.4 Å². The van der Waals surface area contributed by atoms with Crippen LogP contribution in [0.1, 0.15) is 15.9 Å². The van der Waals surface area contributed by atoms with E-state index < -0.39 is 17.9 Å². The summed E-state index contributed by atoms with van der Waals surface area (Å²) in [4.78, 5) is 28.4. The third-order valence-corrected chi connectivity index (χ3v) is 4.30. The highest BCUT2D eigenvalue weighted by atomic mass is 79.9. The van der Waals surface area contributed by atoms with Crippen LogP contribution in [0.3, 0.4) is 0 Å². The summed E-state index contributed by atoms with van der Waals surface area (Å²) >= 11 is 3.36. The summed E-state index contributed by atoms with van der Waals surface area (Å²) in [7, 11) is 0. The smallest absolute Gasteiger partial charge is 0.326 e. The van der Waals surface area contributed by atoms with Crippen molar-refractivity contribution >= 4 is 38.7 Å². The van der Waals surface area contributed by atoms with Crippen molar-refractivity contribution in [3.63, 3.8) is 0 Å². The molecule has 5 nitrogen and oxygen atoms in total. The molecule has 2 aromatic carbocycles. The molecule has 0 saturated carbocycles. The maximum atomic E-state index is 12.6. The Morgan fingerprint density at radius 3 is 2.64 bits per heavy atom. The number of nitrogens with one attached hydrogen (secondary N) is 1. The molecule has 6 heteroatoms. The molecular weight excluding hydrogens is 384 g/mol. The summed E-state index contributed by atoms with van der Waals surface area (Å²) < 4.78 is 0.860. The molecule has 1 aromatic heterocycles. The van der Waals surface area contributed by atoms with E-state index in [-0.39, 0.29) is 6.42 Å². The van der Waals surface area contributed by atoms with E-state index in [0.717, 1.165) is 15.4 Å². The Bertz CT molecular complexity index is 937. The van der Waals surface area contributed by atoms with Gasteiger partial charge in [0.05, 0.1) is 11.1 Å². The van der Waals surface area contributed by atoms with Crippen molar-refractivity contribution in [3.8, 4) is 0 Å². The molecule has 0 fully saturated rings. The number of aliphatic carboxylic acids is 1. The minimum absolute atomic E-state index is 0.193. The van der Waals surface area contributed by atoms with Crippen LogP contribution in [0.5, 0.6) is 0 Å². The predicted molar refractivity (Wildman–Crippen MR) is 98.5 cm³/mol. The van der Waals surface area contributed by atoms with E-state index in [0.29, 0.717) is 11.1 Å². The Morgan fingerprint density at radius 2 is 1.88 bits per heavy atom. The first kappa shape index (κ1) is 17.1. The number of nitrogens with zero attached hydrogens (tertiary/aromatic N) is 1. The third-order valence-electron chi connectivity index (χ3n) is 3.81. The standard InChI is InChI=1S/C19H15BrN2O3/c20-14-7-1-4-12(10-14)11-16(19(24)25)22-18(23)15-8-2-5-13-6-3-9-21-17(13)15/h1-10,16H,11H2,(H,22,23)(H,24,25)/t16-/m1/s1. The van der Waals surface area contributed by atoms with Crippen LogP contribution in [0.25, 0.3) is 10.9 Å². The molecular formula is C19H15BrN2O3. The molecule has 3 rings (SSSR count). The molecule has 126 valence electrons. The number of hydrogen-bond donors (Lipinski definition) is 2. The van der Waals surface area contributed by atoms with Crippen LogP contribution in [0.15, 0.2) is 65.3 Å². The number of fused-ring (bicyclic) bond motifs is 1. The van der Waals surface area contributed by atoms with E-state index >= 15 is 0 Å². The predicted octanol–water partition coefficient (Wildman–Crippen LogP) is 3.42.